The number of carbonyl (C=O) groups excluding carboxylic acids is 1. The number of benzene rings is 1. The number of nitrogens with one attached hydrogen (secondary N) is 1. The van der Waals surface area contributed by atoms with Gasteiger partial charge in [-0.25, -0.2) is 8.42 Å². The fraction of sp³-hybridized carbons (Fsp3) is 0.389. The van der Waals surface area contributed by atoms with Crippen molar-refractivity contribution >= 4 is 21.6 Å². The molecule has 1 aromatic heterocycles. The van der Waals surface area contributed by atoms with Gasteiger partial charge in [0, 0.05) is 18.8 Å². The lowest BCUT2D eigenvalue weighted by molar-refractivity contribution is 0.0729. The molecule has 9 heteroatoms. The Morgan fingerprint density at radius 1 is 1.19 bits per heavy atom. The zero-order valence-corrected chi connectivity index (χ0v) is 16.3. The monoisotopic (exact) mass is 394 g/mol. The molecule has 1 fully saturated rings. The van der Waals surface area contributed by atoms with Crippen LogP contribution in [0.3, 0.4) is 0 Å². The van der Waals surface area contributed by atoms with Crippen LogP contribution in [0.2, 0.25) is 0 Å². The zero-order valence-electron chi connectivity index (χ0n) is 15.4. The van der Waals surface area contributed by atoms with Crippen LogP contribution in [0.4, 0.5) is 5.69 Å². The average molecular weight is 394 g/mol. The number of rotatable bonds is 5. The Labute approximate surface area is 158 Å². The first kappa shape index (κ1) is 19.4. The third-order valence-electron chi connectivity index (χ3n) is 4.29. The van der Waals surface area contributed by atoms with E-state index in [1.54, 1.807) is 26.0 Å². The van der Waals surface area contributed by atoms with Crippen molar-refractivity contribution in [3.05, 3.63) is 41.3 Å². The summed E-state index contributed by atoms with van der Waals surface area (Å²) in [6, 6.07) is 6.16. The van der Waals surface area contributed by atoms with E-state index in [4.69, 9.17) is 13.9 Å². The summed E-state index contributed by atoms with van der Waals surface area (Å²) in [6.07, 6.45) is 0. The van der Waals surface area contributed by atoms with Gasteiger partial charge < -0.3 is 19.2 Å². The number of morpholine rings is 1. The van der Waals surface area contributed by atoms with Crippen molar-refractivity contribution in [2.75, 3.05) is 38.7 Å². The first-order chi connectivity index (χ1) is 12.8. The number of carbonyl (C=O) groups is 1. The molecule has 2 heterocycles. The van der Waals surface area contributed by atoms with Gasteiger partial charge in [0.2, 0.25) is 10.0 Å². The van der Waals surface area contributed by atoms with Crippen molar-refractivity contribution in [2.45, 2.75) is 18.7 Å². The van der Waals surface area contributed by atoms with Crippen LogP contribution in [0.1, 0.15) is 21.9 Å². The van der Waals surface area contributed by atoms with Crippen LogP contribution in [0.25, 0.3) is 0 Å². The Morgan fingerprint density at radius 3 is 2.48 bits per heavy atom. The molecule has 0 spiro atoms. The van der Waals surface area contributed by atoms with Crippen LogP contribution in [0.15, 0.2) is 33.6 Å². The van der Waals surface area contributed by atoms with Crippen molar-refractivity contribution in [2.24, 2.45) is 0 Å². The molecule has 0 radical (unpaired) electrons. The number of sulfonamides is 1. The van der Waals surface area contributed by atoms with E-state index in [-0.39, 0.29) is 29.6 Å². The molecule has 1 aliphatic rings. The molecule has 0 saturated carbocycles. The number of anilines is 1. The van der Waals surface area contributed by atoms with Crippen molar-refractivity contribution in [3.8, 4) is 5.75 Å². The van der Waals surface area contributed by atoms with Crippen molar-refractivity contribution < 1.29 is 27.1 Å². The zero-order chi connectivity index (χ0) is 19.6. The highest BCUT2D eigenvalue weighted by Crippen LogP contribution is 2.30. The van der Waals surface area contributed by atoms with Crippen LogP contribution in [0.5, 0.6) is 5.75 Å². The molecule has 1 saturated heterocycles. The summed E-state index contributed by atoms with van der Waals surface area (Å²) in [7, 11) is -2.37. The van der Waals surface area contributed by atoms with E-state index < -0.39 is 10.0 Å². The topological polar surface area (TPSA) is 98.1 Å². The summed E-state index contributed by atoms with van der Waals surface area (Å²) in [6.45, 7) is 4.69. The van der Waals surface area contributed by atoms with Gasteiger partial charge in [-0.2, -0.15) is 4.31 Å². The molecule has 1 aromatic carbocycles. The third-order valence-corrected chi connectivity index (χ3v) is 6.21. The molecule has 146 valence electrons. The molecule has 8 nitrogen and oxygen atoms in total. The molecule has 27 heavy (non-hydrogen) atoms. The molecule has 1 amide bonds. The lowest BCUT2D eigenvalue weighted by Gasteiger charge is -2.26. The second-order valence-electron chi connectivity index (χ2n) is 6.16. The standard InChI is InChI=1S/C18H22N2O6S/c1-12-10-15(13(2)26-12)18(21)19-14-4-5-16(24-3)17(11-14)27(22,23)20-6-8-25-9-7-20/h4-5,10-11H,6-9H2,1-3H3,(H,19,21). The SMILES string of the molecule is COc1ccc(NC(=O)c2cc(C)oc2C)cc1S(=O)(=O)N1CCOCC1. The predicted molar refractivity (Wildman–Crippen MR) is 98.7 cm³/mol. The van der Waals surface area contributed by atoms with E-state index >= 15 is 0 Å². The molecule has 3 rings (SSSR count). The molecule has 0 unspecified atom stereocenters. The van der Waals surface area contributed by atoms with Gasteiger partial charge in [-0.15, -0.1) is 0 Å². The molecule has 0 bridgehead atoms. The Morgan fingerprint density at radius 2 is 1.89 bits per heavy atom. The molecule has 2 aromatic rings. The minimum absolute atomic E-state index is 0.00444. The normalized spacial score (nSPS) is 15.5. The van der Waals surface area contributed by atoms with Gasteiger partial charge >= 0.3 is 0 Å². The number of ether oxygens (including phenoxy) is 2. The van der Waals surface area contributed by atoms with E-state index in [0.717, 1.165) is 0 Å². The largest absolute Gasteiger partial charge is 0.495 e. The summed E-state index contributed by atoms with van der Waals surface area (Å²) in [5, 5.41) is 2.72. The lowest BCUT2D eigenvalue weighted by atomic mass is 10.2. The van der Waals surface area contributed by atoms with E-state index in [9.17, 15) is 13.2 Å². The maximum Gasteiger partial charge on any atom is 0.259 e. The van der Waals surface area contributed by atoms with Crippen LogP contribution in [-0.2, 0) is 14.8 Å². The number of hydrogen-bond acceptors (Lipinski definition) is 6. The molecule has 1 N–H and O–H groups in total. The van der Waals surface area contributed by atoms with Gasteiger partial charge in [-0.05, 0) is 38.1 Å². The number of methoxy groups -OCH3 is 1. The van der Waals surface area contributed by atoms with Crippen LogP contribution >= 0.6 is 0 Å². The number of nitrogens with zero attached hydrogens (tertiary/aromatic N) is 1. The number of aryl methyl sites for hydroxylation is 2. The number of furan rings is 1. The Hall–Kier alpha value is -2.36. The summed E-state index contributed by atoms with van der Waals surface area (Å²) in [5.74, 6) is 0.974. The molecule has 0 atom stereocenters. The number of amides is 1. The van der Waals surface area contributed by atoms with Crippen molar-refractivity contribution in [1.82, 2.24) is 4.31 Å². The second-order valence-corrected chi connectivity index (χ2v) is 8.07. The van der Waals surface area contributed by atoms with Crippen LogP contribution in [0, 0.1) is 13.8 Å². The van der Waals surface area contributed by atoms with Crippen LogP contribution in [-0.4, -0.2) is 52.0 Å². The average Bonchev–Trinajstić information content (AvgIpc) is 3.00. The highest BCUT2D eigenvalue weighted by atomic mass is 32.2. The van der Waals surface area contributed by atoms with Crippen LogP contribution < -0.4 is 10.1 Å². The Balaban J connectivity index is 1.91. The summed E-state index contributed by atoms with van der Waals surface area (Å²) in [4.78, 5) is 12.5. The van der Waals surface area contributed by atoms with E-state index in [1.807, 2.05) is 0 Å². The van der Waals surface area contributed by atoms with E-state index in [2.05, 4.69) is 5.32 Å². The van der Waals surface area contributed by atoms with E-state index in [0.29, 0.717) is 36.0 Å². The quantitative estimate of drug-likeness (QED) is 0.835. The van der Waals surface area contributed by atoms with Gasteiger partial charge in [0.05, 0.1) is 25.9 Å². The summed E-state index contributed by atoms with van der Waals surface area (Å²) >= 11 is 0. The highest BCUT2D eigenvalue weighted by molar-refractivity contribution is 7.89. The Bertz CT molecular complexity index is 945. The van der Waals surface area contributed by atoms with Gasteiger partial charge in [0.1, 0.15) is 22.2 Å². The molecule has 0 aliphatic carbocycles. The highest BCUT2D eigenvalue weighted by Gasteiger charge is 2.29. The van der Waals surface area contributed by atoms with Gasteiger partial charge in [0.15, 0.2) is 0 Å². The summed E-state index contributed by atoms with van der Waals surface area (Å²) in [5.41, 5.74) is 0.756. The van der Waals surface area contributed by atoms with Gasteiger partial charge in [-0.1, -0.05) is 0 Å². The fourth-order valence-corrected chi connectivity index (χ4v) is 4.53. The van der Waals surface area contributed by atoms with Gasteiger partial charge in [0.25, 0.3) is 5.91 Å². The molecular formula is C18H22N2O6S. The second kappa shape index (κ2) is 7.71. The van der Waals surface area contributed by atoms with E-state index in [1.165, 1.54) is 23.5 Å². The molecular weight excluding hydrogens is 372 g/mol. The fourth-order valence-electron chi connectivity index (χ4n) is 2.94. The summed E-state index contributed by atoms with van der Waals surface area (Å²) < 4.78 is 43.2. The minimum Gasteiger partial charge on any atom is -0.495 e. The number of hydrogen-bond donors (Lipinski definition) is 1. The maximum absolute atomic E-state index is 13.0. The Kier molecular flexibility index (Phi) is 5.54. The van der Waals surface area contributed by atoms with Crippen molar-refractivity contribution in [1.29, 1.82) is 0 Å². The smallest absolute Gasteiger partial charge is 0.259 e. The minimum atomic E-state index is -3.77. The van der Waals surface area contributed by atoms with Gasteiger partial charge in [-0.3, -0.25) is 4.79 Å². The first-order valence-electron chi connectivity index (χ1n) is 8.47. The van der Waals surface area contributed by atoms with Crippen molar-refractivity contribution in [3.63, 3.8) is 0 Å². The maximum atomic E-state index is 13.0. The molecule has 1 aliphatic heterocycles. The third kappa shape index (κ3) is 4.00. The lowest BCUT2D eigenvalue weighted by Crippen LogP contribution is -2.40. The first-order valence-corrected chi connectivity index (χ1v) is 9.91. The predicted octanol–water partition coefficient (Wildman–Crippen LogP) is 2.18.